The van der Waals surface area contributed by atoms with E-state index in [0.29, 0.717) is 24.4 Å². The van der Waals surface area contributed by atoms with Crippen LogP contribution >= 0.6 is 24.2 Å². The smallest absolute Gasteiger partial charge is 0.221 e. The van der Waals surface area contributed by atoms with Gasteiger partial charge in [0.1, 0.15) is 0 Å². The van der Waals surface area contributed by atoms with E-state index in [2.05, 4.69) is 17.6 Å². The van der Waals surface area contributed by atoms with Gasteiger partial charge in [-0.1, -0.05) is 19.8 Å². The highest BCUT2D eigenvalue weighted by Gasteiger charge is 2.24. The molecule has 0 aromatic rings. The number of nitrogens with one attached hydrogen (secondary N) is 2. The molecule has 3 atom stereocenters. The summed E-state index contributed by atoms with van der Waals surface area (Å²) >= 11 is 1.95. The van der Waals surface area contributed by atoms with Crippen LogP contribution in [0.4, 0.5) is 0 Å². The second-order valence-electron chi connectivity index (χ2n) is 5.37. The molecule has 0 radical (unpaired) electrons. The Hall–Kier alpha value is 0.0700. The lowest BCUT2D eigenvalue weighted by Crippen LogP contribution is -2.45. The maximum atomic E-state index is 12.0. The Bertz CT molecular complexity index is 259. The van der Waals surface area contributed by atoms with Crippen molar-refractivity contribution >= 4 is 30.1 Å². The molecule has 1 aliphatic carbocycles. The second-order valence-corrected chi connectivity index (χ2v) is 6.52. The SMILES string of the molecule is CC1CCCCC1NC(=O)CC1CSCCN1.Cl. The van der Waals surface area contributed by atoms with Crippen molar-refractivity contribution in [3.8, 4) is 0 Å². The van der Waals surface area contributed by atoms with E-state index in [0.717, 1.165) is 12.3 Å². The predicted molar refractivity (Wildman–Crippen MR) is 80.5 cm³/mol. The lowest BCUT2D eigenvalue weighted by atomic mass is 9.86. The molecule has 0 bridgehead atoms. The first kappa shape index (κ1) is 16.1. The number of hydrogen-bond acceptors (Lipinski definition) is 3. The summed E-state index contributed by atoms with van der Waals surface area (Å²) in [5.74, 6) is 3.15. The van der Waals surface area contributed by atoms with Gasteiger partial charge in [-0.05, 0) is 18.8 Å². The third-order valence-corrected chi connectivity index (χ3v) is 5.02. The van der Waals surface area contributed by atoms with Gasteiger partial charge < -0.3 is 10.6 Å². The fourth-order valence-corrected chi connectivity index (χ4v) is 3.72. The Morgan fingerprint density at radius 3 is 2.83 bits per heavy atom. The topological polar surface area (TPSA) is 41.1 Å². The van der Waals surface area contributed by atoms with E-state index in [4.69, 9.17) is 0 Å². The van der Waals surface area contributed by atoms with Gasteiger partial charge in [-0.2, -0.15) is 11.8 Å². The molecule has 2 fully saturated rings. The lowest BCUT2D eigenvalue weighted by Gasteiger charge is -2.30. The van der Waals surface area contributed by atoms with Crippen molar-refractivity contribution in [1.82, 2.24) is 10.6 Å². The summed E-state index contributed by atoms with van der Waals surface area (Å²) in [6.45, 7) is 3.31. The molecule has 2 rings (SSSR count). The first-order chi connectivity index (χ1) is 8.25. The van der Waals surface area contributed by atoms with Gasteiger partial charge in [0.15, 0.2) is 0 Å². The molecule has 1 saturated carbocycles. The van der Waals surface area contributed by atoms with Gasteiger partial charge in [0.05, 0.1) is 0 Å². The minimum atomic E-state index is 0. The Kier molecular flexibility index (Phi) is 7.42. The van der Waals surface area contributed by atoms with E-state index >= 15 is 0 Å². The Morgan fingerprint density at radius 1 is 1.39 bits per heavy atom. The van der Waals surface area contributed by atoms with Crippen LogP contribution < -0.4 is 10.6 Å². The maximum absolute atomic E-state index is 12.0. The summed E-state index contributed by atoms with van der Waals surface area (Å²) in [6, 6.07) is 0.806. The lowest BCUT2D eigenvalue weighted by molar-refractivity contribution is -0.122. The number of thioether (sulfide) groups is 1. The van der Waals surface area contributed by atoms with Crippen LogP contribution in [0.1, 0.15) is 39.0 Å². The van der Waals surface area contributed by atoms with E-state index in [1.807, 2.05) is 11.8 Å². The number of amides is 1. The second kappa shape index (κ2) is 8.28. The van der Waals surface area contributed by atoms with Gasteiger partial charge in [-0.3, -0.25) is 4.79 Å². The van der Waals surface area contributed by atoms with E-state index in [1.165, 1.54) is 31.4 Å². The number of hydrogen-bond donors (Lipinski definition) is 2. The molecule has 18 heavy (non-hydrogen) atoms. The van der Waals surface area contributed by atoms with Crippen LogP contribution in [-0.2, 0) is 4.79 Å². The highest BCUT2D eigenvalue weighted by atomic mass is 35.5. The molecule has 0 spiro atoms. The minimum absolute atomic E-state index is 0. The van der Waals surface area contributed by atoms with E-state index in [-0.39, 0.29) is 18.3 Å². The zero-order valence-electron chi connectivity index (χ0n) is 11.1. The van der Waals surface area contributed by atoms with Crippen LogP contribution in [0.15, 0.2) is 0 Å². The zero-order valence-corrected chi connectivity index (χ0v) is 12.7. The average molecular weight is 293 g/mol. The molecule has 0 aromatic carbocycles. The van der Waals surface area contributed by atoms with Crippen LogP contribution in [0, 0.1) is 5.92 Å². The fraction of sp³-hybridized carbons (Fsp3) is 0.923. The van der Waals surface area contributed by atoms with Crippen LogP contribution in [0.2, 0.25) is 0 Å². The third kappa shape index (κ3) is 4.98. The van der Waals surface area contributed by atoms with Crippen molar-refractivity contribution in [2.24, 2.45) is 5.92 Å². The summed E-state index contributed by atoms with van der Waals surface area (Å²) in [5.41, 5.74) is 0. The van der Waals surface area contributed by atoms with E-state index in [9.17, 15) is 4.79 Å². The highest BCUT2D eigenvalue weighted by Crippen LogP contribution is 2.23. The summed E-state index contributed by atoms with van der Waals surface area (Å²) in [4.78, 5) is 12.0. The van der Waals surface area contributed by atoms with Gasteiger partial charge in [0.25, 0.3) is 0 Å². The molecule has 1 saturated heterocycles. The zero-order chi connectivity index (χ0) is 12.1. The maximum Gasteiger partial charge on any atom is 0.221 e. The summed E-state index contributed by atoms with van der Waals surface area (Å²) in [7, 11) is 0. The van der Waals surface area contributed by atoms with Crippen molar-refractivity contribution in [3.05, 3.63) is 0 Å². The molecule has 0 aromatic heterocycles. The van der Waals surface area contributed by atoms with Gasteiger partial charge in [-0.25, -0.2) is 0 Å². The van der Waals surface area contributed by atoms with Crippen LogP contribution in [0.25, 0.3) is 0 Å². The average Bonchev–Trinajstić information content (AvgIpc) is 2.33. The molecule has 1 heterocycles. The fourth-order valence-electron chi connectivity index (χ4n) is 2.77. The minimum Gasteiger partial charge on any atom is -0.353 e. The van der Waals surface area contributed by atoms with Gasteiger partial charge in [0.2, 0.25) is 5.91 Å². The third-order valence-electron chi connectivity index (χ3n) is 3.89. The molecule has 1 amide bonds. The van der Waals surface area contributed by atoms with Crippen LogP contribution in [-0.4, -0.2) is 36.0 Å². The Balaban J connectivity index is 0.00000162. The van der Waals surface area contributed by atoms with Crippen molar-refractivity contribution in [2.75, 3.05) is 18.1 Å². The Labute approximate surface area is 121 Å². The number of carbonyl (C=O) groups is 1. The molecule has 1 aliphatic heterocycles. The number of rotatable bonds is 3. The normalized spacial score (nSPS) is 32.4. The number of halogens is 1. The Morgan fingerprint density at radius 2 is 2.17 bits per heavy atom. The highest BCUT2D eigenvalue weighted by molar-refractivity contribution is 7.99. The molecular weight excluding hydrogens is 268 g/mol. The van der Waals surface area contributed by atoms with Gasteiger partial charge >= 0.3 is 0 Å². The number of carbonyl (C=O) groups excluding carboxylic acids is 1. The van der Waals surface area contributed by atoms with Crippen LogP contribution in [0.5, 0.6) is 0 Å². The first-order valence-electron chi connectivity index (χ1n) is 6.86. The first-order valence-corrected chi connectivity index (χ1v) is 8.01. The van der Waals surface area contributed by atoms with Crippen molar-refractivity contribution < 1.29 is 4.79 Å². The van der Waals surface area contributed by atoms with E-state index in [1.54, 1.807) is 0 Å². The quantitative estimate of drug-likeness (QED) is 0.838. The standard InChI is InChI=1S/C13H24N2OS.ClH/c1-10-4-2-3-5-12(10)15-13(16)8-11-9-17-7-6-14-11;/h10-12,14H,2-9H2,1H3,(H,15,16);1H. The monoisotopic (exact) mass is 292 g/mol. The molecular formula is C13H25ClN2OS. The summed E-state index contributed by atoms with van der Waals surface area (Å²) in [5, 5.41) is 6.64. The largest absolute Gasteiger partial charge is 0.353 e. The molecule has 3 nitrogen and oxygen atoms in total. The van der Waals surface area contributed by atoms with Gasteiger partial charge in [0, 0.05) is 36.6 Å². The van der Waals surface area contributed by atoms with Crippen LogP contribution in [0.3, 0.4) is 0 Å². The molecule has 5 heteroatoms. The molecule has 2 aliphatic rings. The molecule has 2 N–H and O–H groups in total. The predicted octanol–water partition coefficient (Wildman–Crippen LogP) is 2.20. The molecule has 3 unspecified atom stereocenters. The van der Waals surface area contributed by atoms with Gasteiger partial charge in [-0.15, -0.1) is 12.4 Å². The summed E-state index contributed by atoms with van der Waals surface area (Å²) < 4.78 is 0. The molecule has 106 valence electrons. The van der Waals surface area contributed by atoms with E-state index < -0.39 is 0 Å². The van der Waals surface area contributed by atoms with Crippen molar-refractivity contribution in [3.63, 3.8) is 0 Å². The van der Waals surface area contributed by atoms with Crippen molar-refractivity contribution in [1.29, 1.82) is 0 Å². The van der Waals surface area contributed by atoms with Crippen molar-refractivity contribution in [2.45, 2.75) is 51.1 Å². The summed E-state index contributed by atoms with van der Waals surface area (Å²) in [6.07, 6.45) is 5.68.